The highest BCUT2D eigenvalue weighted by atomic mass is 32.2. The molecule has 106 valence electrons. The molecule has 0 saturated carbocycles. The molecule has 1 aliphatic rings. The van der Waals surface area contributed by atoms with Crippen molar-refractivity contribution in [3.05, 3.63) is 29.3 Å². The summed E-state index contributed by atoms with van der Waals surface area (Å²) in [6.45, 7) is 5.09. The number of rotatable bonds is 4. The topological polar surface area (TPSA) is 81.4 Å². The van der Waals surface area contributed by atoms with Crippen molar-refractivity contribution in [2.45, 2.75) is 37.2 Å². The smallest absolute Gasteiger partial charge is 0.241 e. The van der Waals surface area contributed by atoms with E-state index in [9.17, 15) is 8.42 Å². The second-order valence-corrected chi connectivity index (χ2v) is 6.94. The van der Waals surface area contributed by atoms with Crippen LogP contribution in [-0.2, 0) is 21.3 Å². The molecule has 1 aromatic carbocycles. The van der Waals surface area contributed by atoms with Crippen molar-refractivity contribution in [3.63, 3.8) is 0 Å². The van der Waals surface area contributed by atoms with Crippen LogP contribution in [0.25, 0.3) is 0 Å². The van der Waals surface area contributed by atoms with Gasteiger partial charge in [0.1, 0.15) is 0 Å². The fourth-order valence-electron chi connectivity index (χ4n) is 2.17. The standard InChI is InChI=1S/C13H20N2O3S/c1-10-3-4-12(7-11(10)8-14)19(16,17)15-13(2)5-6-18-9-13/h3-4,7,15H,5-6,8-9,14H2,1-2H3. The van der Waals surface area contributed by atoms with Gasteiger partial charge in [0.2, 0.25) is 10.0 Å². The molecule has 5 nitrogen and oxygen atoms in total. The maximum Gasteiger partial charge on any atom is 0.241 e. The van der Waals surface area contributed by atoms with Gasteiger partial charge in [-0.05, 0) is 43.5 Å². The molecule has 1 fully saturated rings. The van der Waals surface area contributed by atoms with Crippen molar-refractivity contribution in [3.8, 4) is 0 Å². The zero-order chi connectivity index (χ0) is 14.1. The quantitative estimate of drug-likeness (QED) is 0.861. The second-order valence-electron chi connectivity index (χ2n) is 5.26. The molecule has 1 unspecified atom stereocenters. The van der Waals surface area contributed by atoms with E-state index in [2.05, 4.69) is 4.72 Å². The Morgan fingerprint density at radius 3 is 2.79 bits per heavy atom. The number of ether oxygens (including phenoxy) is 1. The number of nitrogens with one attached hydrogen (secondary N) is 1. The molecule has 1 aliphatic heterocycles. The van der Waals surface area contributed by atoms with Gasteiger partial charge in [-0.15, -0.1) is 0 Å². The van der Waals surface area contributed by atoms with Gasteiger partial charge < -0.3 is 10.5 Å². The van der Waals surface area contributed by atoms with Crippen LogP contribution < -0.4 is 10.5 Å². The Morgan fingerprint density at radius 1 is 1.47 bits per heavy atom. The summed E-state index contributed by atoms with van der Waals surface area (Å²) in [6.07, 6.45) is 0.682. The summed E-state index contributed by atoms with van der Waals surface area (Å²) < 4.78 is 32.7. The lowest BCUT2D eigenvalue weighted by atomic mass is 10.0. The van der Waals surface area contributed by atoms with E-state index in [0.717, 1.165) is 11.1 Å². The minimum Gasteiger partial charge on any atom is -0.379 e. The third-order valence-electron chi connectivity index (χ3n) is 3.45. The van der Waals surface area contributed by atoms with Crippen LogP contribution in [0.5, 0.6) is 0 Å². The molecule has 2 rings (SSSR count). The Morgan fingerprint density at radius 2 is 2.21 bits per heavy atom. The molecule has 0 spiro atoms. The van der Waals surface area contributed by atoms with Crippen molar-refractivity contribution in [1.82, 2.24) is 4.72 Å². The highest BCUT2D eigenvalue weighted by Gasteiger charge is 2.34. The minimum atomic E-state index is -3.54. The van der Waals surface area contributed by atoms with Gasteiger partial charge in [0.05, 0.1) is 17.0 Å². The van der Waals surface area contributed by atoms with Crippen molar-refractivity contribution >= 4 is 10.0 Å². The Bertz CT molecular complexity index is 563. The van der Waals surface area contributed by atoms with Crippen LogP contribution in [0.2, 0.25) is 0 Å². The Balaban J connectivity index is 2.29. The van der Waals surface area contributed by atoms with Gasteiger partial charge >= 0.3 is 0 Å². The molecular formula is C13H20N2O3S. The molecule has 0 radical (unpaired) electrons. The molecule has 19 heavy (non-hydrogen) atoms. The fraction of sp³-hybridized carbons (Fsp3) is 0.538. The van der Waals surface area contributed by atoms with Crippen molar-refractivity contribution in [2.24, 2.45) is 5.73 Å². The van der Waals surface area contributed by atoms with E-state index < -0.39 is 15.6 Å². The van der Waals surface area contributed by atoms with E-state index in [-0.39, 0.29) is 4.90 Å². The third kappa shape index (κ3) is 3.14. The predicted octanol–water partition coefficient (Wildman–Crippen LogP) is 0.911. The maximum absolute atomic E-state index is 12.4. The number of sulfonamides is 1. The third-order valence-corrected chi connectivity index (χ3v) is 5.09. The van der Waals surface area contributed by atoms with Crippen molar-refractivity contribution in [1.29, 1.82) is 0 Å². The average Bonchev–Trinajstić information content (AvgIpc) is 2.75. The summed E-state index contributed by atoms with van der Waals surface area (Å²) in [5.41, 5.74) is 6.94. The lowest BCUT2D eigenvalue weighted by molar-refractivity contribution is 0.178. The highest BCUT2D eigenvalue weighted by Crippen LogP contribution is 2.22. The first kappa shape index (κ1) is 14.5. The molecule has 0 amide bonds. The second kappa shape index (κ2) is 5.20. The molecule has 1 atom stereocenters. The SMILES string of the molecule is Cc1ccc(S(=O)(=O)NC2(C)CCOC2)cc1CN. The summed E-state index contributed by atoms with van der Waals surface area (Å²) in [7, 11) is -3.54. The van der Waals surface area contributed by atoms with Crippen LogP contribution in [0.15, 0.2) is 23.1 Å². The molecular weight excluding hydrogens is 264 g/mol. The Hall–Kier alpha value is -0.950. The van der Waals surface area contributed by atoms with E-state index >= 15 is 0 Å². The molecule has 1 aromatic rings. The molecule has 1 heterocycles. The number of nitrogens with two attached hydrogens (primary N) is 1. The van der Waals surface area contributed by atoms with Crippen LogP contribution >= 0.6 is 0 Å². The summed E-state index contributed by atoms with van der Waals surface area (Å²) in [5.74, 6) is 0. The lowest BCUT2D eigenvalue weighted by Crippen LogP contribution is -2.46. The summed E-state index contributed by atoms with van der Waals surface area (Å²) in [5, 5.41) is 0. The Kier molecular flexibility index (Phi) is 3.96. The number of aryl methyl sites for hydroxylation is 1. The first-order chi connectivity index (χ1) is 8.86. The molecule has 1 saturated heterocycles. The van der Waals surface area contributed by atoms with Gasteiger partial charge in [0.25, 0.3) is 0 Å². The zero-order valence-corrected chi connectivity index (χ0v) is 12.1. The maximum atomic E-state index is 12.4. The molecule has 0 aliphatic carbocycles. The fourth-order valence-corrected chi connectivity index (χ4v) is 3.64. The predicted molar refractivity (Wildman–Crippen MR) is 73.2 cm³/mol. The van der Waals surface area contributed by atoms with E-state index in [1.54, 1.807) is 18.2 Å². The number of benzene rings is 1. The van der Waals surface area contributed by atoms with E-state index in [1.807, 2.05) is 13.8 Å². The van der Waals surface area contributed by atoms with Crippen molar-refractivity contribution < 1.29 is 13.2 Å². The molecule has 0 aromatic heterocycles. The first-order valence-corrected chi connectivity index (χ1v) is 7.76. The number of hydrogen-bond donors (Lipinski definition) is 2. The van der Waals surface area contributed by atoms with E-state index in [4.69, 9.17) is 10.5 Å². The normalized spacial score (nSPS) is 23.7. The Labute approximate surface area is 114 Å². The van der Waals surface area contributed by atoms with Crippen LogP contribution in [0.4, 0.5) is 0 Å². The van der Waals surface area contributed by atoms with Crippen LogP contribution in [0.3, 0.4) is 0 Å². The van der Waals surface area contributed by atoms with E-state index in [1.165, 1.54) is 0 Å². The summed E-state index contributed by atoms with van der Waals surface area (Å²) >= 11 is 0. The average molecular weight is 284 g/mol. The highest BCUT2D eigenvalue weighted by molar-refractivity contribution is 7.89. The largest absolute Gasteiger partial charge is 0.379 e. The minimum absolute atomic E-state index is 0.256. The van der Waals surface area contributed by atoms with Crippen LogP contribution in [0.1, 0.15) is 24.5 Å². The summed E-state index contributed by atoms with van der Waals surface area (Å²) in [4.78, 5) is 0.256. The molecule has 3 N–H and O–H groups in total. The van der Waals surface area contributed by atoms with Gasteiger partial charge in [-0.25, -0.2) is 13.1 Å². The van der Waals surface area contributed by atoms with Crippen LogP contribution in [0, 0.1) is 6.92 Å². The van der Waals surface area contributed by atoms with E-state index in [0.29, 0.717) is 26.2 Å². The first-order valence-electron chi connectivity index (χ1n) is 6.28. The van der Waals surface area contributed by atoms with Gasteiger partial charge in [0.15, 0.2) is 0 Å². The zero-order valence-electron chi connectivity index (χ0n) is 11.3. The monoisotopic (exact) mass is 284 g/mol. The van der Waals surface area contributed by atoms with Crippen LogP contribution in [-0.4, -0.2) is 27.2 Å². The number of hydrogen-bond acceptors (Lipinski definition) is 4. The van der Waals surface area contributed by atoms with Gasteiger partial charge in [-0.1, -0.05) is 6.07 Å². The summed E-state index contributed by atoms with van der Waals surface area (Å²) in [6, 6.07) is 5.02. The van der Waals surface area contributed by atoms with Gasteiger partial charge in [0, 0.05) is 13.2 Å². The lowest BCUT2D eigenvalue weighted by Gasteiger charge is -2.23. The van der Waals surface area contributed by atoms with Crippen molar-refractivity contribution in [2.75, 3.05) is 13.2 Å². The molecule has 0 bridgehead atoms. The van der Waals surface area contributed by atoms with Gasteiger partial charge in [-0.3, -0.25) is 0 Å². The van der Waals surface area contributed by atoms with Gasteiger partial charge in [-0.2, -0.15) is 0 Å². The molecule has 6 heteroatoms.